The van der Waals surface area contributed by atoms with Crippen LogP contribution in [0.1, 0.15) is 0 Å². The highest BCUT2D eigenvalue weighted by Gasteiger charge is 2.17. The van der Waals surface area contributed by atoms with Crippen LogP contribution in [0.4, 0.5) is 0 Å². The van der Waals surface area contributed by atoms with E-state index in [0.717, 1.165) is 22.0 Å². The lowest BCUT2D eigenvalue weighted by atomic mass is 10.0. The van der Waals surface area contributed by atoms with Crippen molar-refractivity contribution in [1.29, 1.82) is 0 Å². The van der Waals surface area contributed by atoms with E-state index in [-0.39, 0.29) is 10.9 Å². The second kappa shape index (κ2) is 7.76. The van der Waals surface area contributed by atoms with Gasteiger partial charge in [-0.15, -0.1) is 0 Å². The number of hydrogen-bond acceptors (Lipinski definition) is 5. The van der Waals surface area contributed by atoms with Crippen molar-refractivity contribution >= 4 is 22.1 Å². The van der Waals surface area contributed by atoms with Crippen molar-refractivity contribution in [1.82, 2.24) is 24.9 Å². The highest BCUT2D eigenvalue weighted by atomic mass is 16.1. The molecule has 0 saturated heterocycles. The number of rotatable bonds is 3. The first-order valence-corrected chi connectivity index (χ1v) is 10.5. The fourth-order valence-corrected chi connectivity index (χ4v) is 3.96. The van der Waals surface area contributed by atoms with Crippen molar-refractivity contribution in [2.45, 2.75) is 0 Å². The summed E-state index contributed by atoms with van der Waals surface area (Å²) < 4.78 is 0. The number of nitrogens with one attached hydrogen (secondary N) is 1. The minimum atomic E-state index is -0.210. The summed E-state index contributed by atoms with van der Waals surface area (Å²) in [5, 5.41) is 0.993. The Bertz CT molecular complexity index is 1680. The maximum atomic E-state index is 13.4. The molecule has 0 spiro atoms. The van der Waals surface area contributed by atoms with Gasteiger partial charge in [-0.2, -0.15) is 0 Å². The molecule has 6 nitrogen and oxygen atoms in total. The molecule has 0 aliphatic rings. The Hall–Kier alpha value is -4.71. The van der Waals surface area contributed by atoms with Crippen LogP contribution >= 0.6 is 0 Å². The molecule has 4 heterocycles. The monoisotopic (exact) mass is 427 g/mol. The van der Waals surface area contributed by atoms with Gasteiger partial charge in [0.2, 0.25) is 5.43 Å². The summed E-state index contributed by atoms with van der Waals surface area (Å²) in [5.74, 6) is 0. The van der Waals surface area contributed by atoms with Gasteiger partial charge >= 0.3 is 0 Å². The molecule has 0 atom stereocenters. The Morgan fingerprint density at radius 1 is 0.697 bits per heavy atom. The van der Waals surface area contributed by atoms with Crippen molar-refractivity contribution in [3.8, 4) is 33.8 Å². The first-order valence-electron chi connectivity index (χ1n) is 10.5. The molecular weight excluding hydrogens is 410 g/mol. The normalized spacial score (nSPS) is 11.2. The summed E-state index contributed by atoms with van der Waals surface area (Å²) in [5.41, 5.74) is 5.57. The molecule has 2 aromatic carbocycles. The molecule has 33 heavy (non-hydrogen) atoms. The summed E-state index contributed by atoms with van der Waals surface area (Å²) in [6.07, 6.45) is 5.08. The zero-order chi connectivity index (χ0) is 22.2. The van der Waals surface area contributed by atoms with Gasteiger partial charge < -0.3 is 4.98 Å². The van der Waals surface area contributed by atoms with Gasteiger partial charge in [-0.25, -0.2) is 9.97 Å². The van der Waals surface area contributed by atoms with E-state index in [4.69, 9.17) is 9.97 Å². The highest BCUT2D eigenvalue weighted by Crippen LogP contribution is 2.31. The van der Waals surface area contributed by atoms with Crippen LogP contribution in [0.2, 0.25) is 0 Å². The third kappa shape index (κ3) is 3.34. The average Bonchev–Trinajstić information content (AvgIpc) is 2.89. The van der Waals surface area contributed by atoms with Crippen LogP contribution in [0.15, 0.2) is 102 Å². The topological polar surface area (TPSA) is 84.4 Å². The number of pyridine rings is 3. The Labute approximate surface area is 188 Å². The van der Waals surface area contributed by atoms with E-state index in [9.17, 15) is 4.79 Å². The maximum absolute atomic E-state index is 13.4. The summed E-state index contributed by atoms with van der Waals surface area (Å²) >= 11 is 0. The zero-order valence-corrected chi connectivity index (χ0v) is 17.4. The van der Waals surface area contributed by atoms with Crippen molar-refractivity contribution in [2.24, 2.45) is 0 Å². The van der Waals surface area contributed by atoms with Crippen LogP contribution in [0.3, 0.4) is 0 Å². The molecule has 6 rings (SSSR count). The fraction of sp³-hybridized carbons (Fsp3) is 0. The first kappa shape index (κ1) is 19.0. The van der Waals surface area contributed by atoms with Gasteiger partial charge in [-0.1, -0.05) is 48.5 Å². The number of hydrogen-bond donors (Lipinski definition) is 1. The Balaban J connectivity index is 1.65. The molecule has 0 aliphatic carbocycles. The number of benzene rings is 2. The molecule has 156 valence electrons. The van der Waals surface area contributed by atoms with Crippen molar-refractivity contribution < 1.29 is 0 Å². The molecule has 6 heteroatoms. The summed E-state index contributed by atoms with van der Waals surface area (Å²) in [7, 11) is 0. The molecule has 0 radical (unpaired) electrons. The lowest BCUT2D eigenvalue weighted by molar-refractivity contribution is 1.21. The van der Waals surface area contributed by atoms with Crippen LogP contribution < -0.4 is 5.43 Å². The van der Waals surface area contributed by atoms with Crippen molar-refractivity contribution in [2.75, 3.05) is 0 Å². The Morgan fingerprint density at radius 2 is 1.52 bits per heavy atom. The van der Waals surface area contributed by atoms with E-state index >= 15 is 0 Å². The van der Waals surface area contributed by atoms with Gasteiger partial charge in [0.1, 0.15) is 0 Å². The smallest absolute Gasteiger partial charge is 0.218 e. The highest BCUT2D eigenvalue weighted by molar-refractivity contribution is 5.90. The van der Waals surface area contributed by atoms with Gasteiger partial charge in [0.25, 0.3) is 0 Å². The minimum Gasteiger partial charge on any atom is -0.344 e. The molecule has 0 saturated carbocycles. The largest absolute Gasteiger partial charge is 0.344 e. The third-order valence-electron chi connectivity index (χ3n) is 5.57. The molecule has 0 bridgehead atoms. The lowest BCUT2D eigenvalue weighted by Crippen LogP contribution is -2.11. The number of fused-ring (bicyclic) bond motifs is 2. The number of aromatic nitrogens is 5. The van der Waals surface area contributed by atoms with Crippen LogP contribution in [-0.4, -0.2) is 24.9 Å². The van der Waals surface area contributed by atoms with E-state index in [1.165, 1.54) is 0 Å². The van der Waals surface area contributed by atoms with Gasteiger partial charge in [-0.3, -0.25) is 14.8 Å². The minimum absolute atomic E-state index is 0.210. The van der Waals surface area contributed by atoms with E-state index in [1.54, 1.807) is 24.7 Å². The van der Waals surface area contributed by atoms with Crippen molar-refractivity contribution in [3.05, 3.63) is 108 Å². The SMILES string of the molecule is O=c1c(-c2ccccn2)c[nH]c2nc(-c3ccccc3)c(-c3ccc4ncccc4c3)nc12. The number of H-pyrrole nitrogens is 1. The quantitative estimate of drug-likeness (QED) is 0.416. The predicted octanol–water partition coefficient (Wildman–Crippen LogP) is 5.26. The summed E-state index contributed by atoms with van der Waals surface area (Å²) in [6.45, 7) is 0. The van der Waals surface area contributed by atoms with Crippen LogP contribution in [0.25, 0.3) is 55.8 Å². The zero-order valence-electron chi connectivity index (χ0n) is 17.4. The lowest BCUT2D eigenvalue weighted by Gasteiger charge is -2.11. The molecular formula is C27H17N5O. The van der Waals surface area contributed by atoms with Gasteiger partial charge in [0.15, 0.2) is 11.2 Å². The standard InChI is InChI=1S/C27H17N5O/c33-26-20(22-10-4-5-13-29-22)16-30-27-25(26)31-24(23(32-27)17-7-2-1-3-8-17)19-11-12-21-18(15-19)9-6-14-28-21/h1-16H,(H,30,32,33). The predicted molar refractivity (Wildman–Crippen MR) is 130 cm³/mol. The van der Waals surface area contributed by atoms with Gasteiger partial charge in [0, 0.05) is 35.1 Å². The molecule has 0 unspecified atom stereocenters. The third-order valence-corrected chi connectivity index (χ3v) is 5.57. The molecule has 1 N–H and O–H groups in total. The van der Waals surface area contributed by atoms with Crippen LogP contribution in [0.5, 0.6) is 0 Å². The van der Waals surface area contributed by atoms with Gasteiger partial charge in [-0.05, 0) is 30.3 Å². The maximum Gasteiger partial charge on any atom is 0.218 e. The number of aromatic amines is 1. The first-order chi connectivity index (χ1) is 16.3. The Morgan fingerprint density at radius 3 is 2.36 bits per heavy atom. The van der Waals surface area contributed by atoms with E-state index in [2.05, 4.69) is 15.0 Å². The van der Waals surface area contributed by atoms with E-state index < -0.39 is 0 Å². The summed E-state index contributed by atoms with van der Waals surface area (Å²) in [6, 6.07) is 25.2. The van der Waals surface area contributed by atoms with Gasteiger partial charge in [0.05, 0.1) is 28.2 Å². The second-order valence-electron chi connectivity index (χ2n) is 7.64. The van der Waals surface area contributed by atoms with Crippen LogP contribution in [-0.2, 0) is 0 Å². The average molecular weight is 427 g/mol. The molecule has 4 aromatic heterocycles. The van der Waals surface area contributed by atoms with Crippen LogP contribution in [0, 0.1) is 0 Å². The van der Waals surface area contributed by atoms with Crippen molar-refractivity contribution in [3.63, 3.8) is 0 Å². The number of nitrogens with zero attached hydrogens (tertiary/aromatic N) is 4. The molecule has 6 aromatic rings. The summed E-state index contributed by atoms with van der Waals surface area (Å²) in [4.78, 5) is 35.0. The molecule has 0 aliphatic heterocycles. The van der Waals surface area contributed by atoms with E-state index in [1.807, 2.05) is 72.8 Å². The fourth-order valence-electron chi connectivity index (χ4n) is 3.96. The van der Waals surface area contributed by atoms with E-state index in [0.29, 0.717) is 28.3 Å². The molecule has 0 fully saturated rings. The molecule has 0 amide bonds. The Kier molecular flexibility index (Phi) is 4.47. The second-order valence-corrected chi connectivity index (χ2v) is 7.64.